The third kappa shape index (κ3) is 7.03. The molecule has 0 aliphatic carbocycles. The third-order valence-corrected chi connectivity index (χ3v) is 3.51. The minimum atomic E-state index is -3.31. The summed E-state index contributed by atoms with van der Waals surface area (Å²) in [6.45, 7) is 8.71. The van der Waals surface area contributed by atoms with E-state index in [2.05, 4.69) is 5.09 Å². The van der Waals surface area contributed by atoms with Crippen LogP contribution in [0.4, 0.5) is 0 Å². The van der Waals surface area contributed by atoms with Crippen LogP contribution in [0.5, 0.6) is 0 Å². The van der Waals surface area contributed by atoms with Gasteiger partial charge in [-0.05, 0) is 34.6 Å². The third-order valence-electron chi connectivity index (χ3n) is 1.35. The molecule has 0 aromatic heterocycles. The summed E-state index contributed by atoms with van der Waals surface area (Å²) in [5.41, 5.74) is 0. The summed E-state index contributed by atoms with van der Waals surface area (Å²) in [6.07, 6.45) is -0.402. The zero-order valence-electron chi connectivity index (χ0n) is 10.1. The van der Waals surface area contributed by atoms with Crippen molar-refractivity contribution in [1.82, 2.24) is 5.09 Å². The lowest BCUT2D eigenvalue weighted by molar-refractivity contribution is 0.129. The van der Waals surface area contributed by atoms with Gasteiger partial charge in [-0.3, -0.25) is 9.05 Å². The Kier molecular flexibility index (Phi) is 6.64. The molecule has 0 rings (SSSR count). The van der Waals surface area contributed by atoms with Gasteiger partial charge in [0.05, 0.1) is 18.8 Å². The van der Waals surface area contributed by atoms with Gasteiger partial charge in [-0.1, -0.05) is 0 Å². The summed E-state index contributed by atoms with van der Waals surface area (Å²) in [5.74, 6) is 0. The van der Waals surface area contributed by atoms with Crippen LogP contribution in [-0.4, -0.2) is 30.0 Å². The molecule has 0 spiro atoms. The van der Waals surface area contributed by atoms with E-state index >= 15 is 0 Å². The molecular weight excluding hydrogens is 217 g/mol. The minimum absolute atomic E-state index is 0.118. The summed E-state index contributed by atoms with van der Waals surface area (Å²) >= 11 is 0. The number of aliphatic hydroxyl groups is 1. The Hall–Kier alpha value is 0.0700. The van der Waals surface area contributed by atoms with Crippen LogP contribution in [0.15, 0.2) is 0 Å². The van der Waals surface area contributed by atoms with Crippen LogP contribution in [0.2, 0.25) is 0 Å². The number of hydrogen-bond acceptors (Lipinski definition) is 4. The lowest BCUT2D eigenvalue weighted by atomic mass is 10.4. The highest BCUT2D eigenvalue weighted by molar-refractivity contribution is 7.51. The summed E-state index contributed by atoms with van der Waals surface area (Å²) < 4.78 is 22.6. The van der Waals surface area contributed by atoms with Crippen LogP contribution in [0.3, 0.4) is 0 Å². The predicted molar refractivity (Wildman–Crippen MR) is 59.7 cm³/mol. The quantitative estimate of drug-likeness (QED) is 0.664. The van der Waals surface area contributed by atoms with Crippen molar-refractivity contribution in [3.05, 3.63) is 0 Å². The molecule has 6 heteroatoms. The second-order valence-corrected chi connectivity index (χ2v) is 5.69. The predicted octanol–water partition coefficient (Wildman–Crippen LogP) is 1.91. The van der Waals surface area contributed by atoms with Crippen molar-refractivity contribution in [2.75, 3.05) is 6.61 Å². The summed E-state index contributed by atoms with van der Waals surface area (Å²) in [7, 11) is -3.31. The largest absolute Gasteiger partial charge is 0.406 e. The second kappa shape index (κ2) is 6.61. The van der Waals surface area contributed by atoms with Gasteiger partial charge in [-0.15, -0.1) is 0 Å². The van der Waals surface area contributed by atoms with Crippen molar-refractivity contribution in [1.29, 1.82) is 0 Å². The Morgan fingerprint density at radius 2 is 1.53 bits per heavy atom. The first-order valence-corrected chi connectivity index (χ1v) is 6.69. The molecule has 1 atom stereocenters. The molecule has 0 bridgehead atoms. The molecule has 0 fully saturated rings. The second-order valence-electron chi connectivity index (χ2n) is 4.02. The average Bonchev–Trinajstić information content (AvgIpc) is 1.99. The molecule has 92 valence electrons. The Balaban J connectivity index is 4.47. The van der Waals surface area contributed by atoms with E-state index in [1.54, 1.807) is 34.6 Å². The van der Waals surface area contributed by atoms with Crippen molar-refractivity contribution in [2.45, 2.75) is 52.9 Å². The van der Waals surface area contributed by atoms with Gasteiger partial charge in [0, 0.05) is 6.04 Å². The van der Waals surface area contributed by atoms with E-state index < -0.39 is 7.75 Å². The summed E-state index contributed by atoms with van der Waals surface area (Å²) in [6, 6.07) is -0.326. The van der Waals surface area contributed by atoms with Gasteiger partial charge in [-0.25, -0.2) is 9.65 Å². The van der Waals surface area contributed by atoms with Crippen LogP contribution < -0.4 is 5.09 Å². The van der Waals surface area contributed by atoms with E-state index in [4.69, 9.17) is 14.2 Å². The van der Waals surface area contributed by atoms with Gasteiger partial charge < -0.3 is 5.11 Å². The standard InChI is InChI=1S/C9H22NO4P/c1-7(2)13-15(12,14-8(3)4)10-9(5)6-11/h7-9,11H,6H2,1-5H3,(H,10,12)/t9-/m0/s1. The molecule has 0 saturated carbocycles. The van der Waals surface area contributed by atoms with Crippen molar-refractivity contribution in [2.24, 2.45) is 0 Å². The molecule has 0 amide bonds. The Morgan fingerprint density at radius 3 is 1.80 bits per heavy atom. The number of hydrogen-bond donors (Lipinski definition) is 2. The smallest absolute Gasteiger partial charge is 0.395 e. The fourth-order valence-electron chi connectivity index (χ4n) is 0.952. The molecule has 2 N–H and O–H groups in total. The maximum atomic E-state index is 12.1. The lowest BCUT2D eigenvalue weighted by Crippen LogP contribution is -2.30. The van der Waals surface area contributed by atoms with Gasteiger partial charge in [0.15, 0.2) is 0 Å². The van der Waals surface area contributed by atoms with E-state index in [-0.39, 0.29) is 24.9 Å². The van der Waals surface area contributed by atoms with E-state index in [0.29, 0.717) is 0 Å². The number of nitrogens with one attached hydrogen (secondary N) is 1. The van der Waals surface area contributed by atoms with E-state index in [0.717, 1.165) is 0 Å². The average molecular weight is 239 g/mol. The zero-order chi connectivity index (χ0) is 12.1. The molecule has 5 nitrogen and oxygen atoms in total. The zero-order valence-corrected chi connectivity index (χ0v) is 11.0. The molecule has 0 aliphatic rings. The highest BCUT2D eigenvalue weighted by Crippen LogP contribution is 2.46. The van der Waals surface area contributed by atoms with E-state index in [1.165, 1.54) is 0 Å². The maximum absolute atomic E-state index is 12.1. The normalized spacial score (nSPS) is 14.9. The van der Waals surface area contributed by atoms with Crippen LogP contribution in [0.25, 0.3) is 0 Å². The minimum Gasteiger partial charge on any atom is -0.395 e. The Labute approximate surface area is 91.7 Å². The first kappa shape index (κ1) is 15.1. The SMILES string of the molecule is CC(C)OP(=O)(N[C@@H](C)CO)OC(C)C. The highest BCUT2D eigenvalue weighted by Gasteiger charge is 2.29. The van der Waals surface area contributed by atoms with Crippen LogP contribution in [0, 0.1) is 0 Å². The first-order chi connectivity index (χ1) is 6.79. The number of rotatable bonds is 7. The van der Waals surface area contributed by atoms with Gasteiger partial charge in [0.2, 0.25) is 0 Å². The Bertz CT molecular complexity index is 206. The molecular formula is C9H22NO4P. The summed E-state index contributed by atoms with van der Waals surface area (Å²) in [5, 5.41) is 11.5. The molecule has 0 aromatic carbocycles. The van der Waals surface area contributed by atoms with E-state index in [1.807, 2.05) is 0 Å². The highest BCUT2D eigenvalue weighted by atomic mass is 31.2. The van der Waals surface area contributed by atoms with Crippen LogP contribution in [-0.2, 0) is 13.6 Å². The summed E-state index contributed by atoms with van der Waals surface area (Å²) in [4.78, 5) is 0. The first-order valence-electron chi connectivity index (χ1n) is 5.14. The molecule has 0 saturated heterocycles. The fourth-order valence-corrected chi connectivity index (χ4v) is 2.85. The molecule has 0 aliphatic heterocycles. The monoisotopic (exact) mass is 239 g/mol. The van der Waals surface area contributed by atoms with Gasteiger partial charge in [0.1, 0.15) is 0 Å². The van der Waals surface area contributed by atoms with Gasteiger partial charge in [0.25, 0.3) is 0 Å². The fraction of sp³-hybridized carbons (Fsp3) is 1.00. The molecule has 0 radical (unpaired) electrons. The van der Waals surface area contributed by atoms with Crippen molar-refractivity contribution >= 4 is 7.75 Å². The molecule has 0 aromatic rings. The maximum Gasteiger partial charge on any atom is 0.406 e. The molecule has 0 heterocycles. The van der Waals surface area contributed by atoms with Crippen molar-refractivity contribution in [3.63, 3.8) is 0 Å². The van der Waals surface area contributed by atoms with Crippen molar-refractivity contribution in [3.8, 4) is 0 Å². The Morgan fingerprint density at radius 1 is 1.13 bits per heavy atom. The van der Waals surface area contributed by atoms with E-state index in [9.17, 15) is 4.57 Å². The van der Waals surface area contributed by atoms with Gasteiger partial charge >= 0.3 is 7.75 Å². The van der Waals surface area contributed by atoms with Gasteiger partial charge in [-0.2, -0.15) is 0 Å². The van der Waals surface area contributed by atoms with Crippen LogP contribution >= 0.6 is 7.75 Å². The lowest BCUT2D eigenvalue weighted by Gasteiger charge is -2.25. The van der Waals surface area contributed by atoms with Crippen LogP contribution in [0.1, 0.15) is 34.6 Å². The number of aliphatic hydroxyl groups excluding tert-OH is 1. The molecule has 15 heavy (non-hydrogen) atoms. The van der Waals surface area contributed by atoms with Crippen molar-refractivity contribution < 1.29 is 18.7 Å². The topological polar surface area (TPSA) is 67.8 Å². The molecule has 0 unspecified atom stereocenters.